The number of pyridine rings is 1. The number of carboxylic acid groups (broad SMARTS) is 1. The summed E-state index contributed by atoms with van der Waals surface area (Å²) >= 11 is 12.0. The normalized spacial score (nSPS) is 11.6. The lowest BCUT2D eigenvalue weighted by atomic mass is 10.1. The molecule has 0 saturated heterocycles. The van der Waals surface area contributed by atoms with Gasteiger partial charge in [-0.3, -0.25) is 4.79 Å². The van der Waals surface area contributed by atoms with E-state index in [-0.39, 0.29) is 32.8 Å². The van der Waals surface area contributed by atoms with Gasteiger partial charge in [0.05, 0.1) is 21.7 Å². The van der Waals surface area contributed by atoms with E-state index in [9.17, 15) is 14.0 Å². The Morgan fingerprint density at radius 2 is 1.83 bits per heavy atom. The Morgan fingerprint density at radius 3 is 2.47 bits per heavy atom. The maximum atomic E-state index is 13.3. The van der Waals surface area contributed by atoms with Gasteiger partial charge < -0.3 is 15.2 Å². The Labute approximate surface area is 181 Å². The molecule has 0 bridgehead atoms. The third-order valence-electron chi connectivity index (χ3n) is 4.17. The summed E-state index contributed by atoms with van der Waals surface area (Å²) in [5.74, 6) is -2.02. The third kappa shape index (κ3) is 5.06. The maximum Gasteiger partial charge on any atom is 0.335 e. The van der Waals surface area contributed by atoms with Crippen LogP contribution in [0.2, 0.25) is 10.0 Å². The molecule has 2 N–H and O–H groups in total. The van der Waals surface area contributed by atoms with Crippen molar-refractivity contribution in [1.29, 1.82) is 0 Å². The van der Waals surface area contributed by atoms with Crippen LogP contribution in [0.4, 0.5) is 4.39 Å². The summed E-state index contributed by atoms with van der Waals surface area (Å²) in [6.07, 6.45) is 1.30. The van der Waals surface area contributed by atoms with Crippen molar-refractivity contribution in [1.82, 2.24) is 10.3 Å². The number of aromatic nitrogens is 1. The van der Waals surface area contributed by atoms with Crippen LogP contribution in [0.5, 0.6) is 11.6 Å². The fraction of sp³-hybridized carbons (Fsp3) is 0.0952. The number of carboxylic acids is 1. The minimum absolute atomic E-state index is 0.0185. The molecule has 0 aliphatic carbocycles. The Hall–Kier alpha value is -3.16. The zero-order valence-electron chi connectivity index (χ0n) is 15.5. The quantitative estimate of drug-likeness (QED) is 0.518. The van der Waals surface area contributed by atoms with Crippen molar-refractivity contribution >= 4 is 35.1 Å². The zero-order valence-corrected chi connectivity index (χ0v) is 17.0. The predicted octanol–water partition coefficient (Wildman–Crippen LogP) is 5.51. The van der Waals surface area contributed by atoms with E-state index in [1.807, 2.05) is 0 Å². The molecule has 1 unspecified atom stereocenters. The fourth-order valence-electron chi connectivity index (χ4n) is 2.60. The Bertz CT molecular complexity index is 1110. The van der Waals surface area contributed by atoms with Crippen molar-refractivity contribution in [3.05, 3.63) is 87.3 Å². The molecule has 0 fully saturated rings. The van der Waals surface area contributed by atoms with Crippen LogP contribution in [0.25, 0.3) is 0 Å². The first-order valence-electron chi connectivity index (χ1n) is 8.67. The van der Waals surface area contributed by atoms with E-state index in [0.717, 1.165) is 6.07 Å². The molecule has 154 valence electrons. The number of hydrogen-bond acceptors (Lipinski definition) is 4. The summed E-state index contributed by atoms with van der Waals surface area (Å²) in [4.78, 5) is 27.8. The second-order valence-corrected chi connectivity index (χ2v) is 7.15. The lowest BCUT2D eigenvalue weighted by Crippen LogP contribution is -2.27. The van der Waals surface area contributed by atoms with Gasteiger partial charge in [-0.1, -0.05) is 35.3 Å². The monoisotopic (exact) mass is 448 g/mol. The molecule has 3 aromatic rings. The number of nitrogens with zero attached hydrogens (tertiary/aromatic N) is 1. The molecule has 2 aromatic carbocycles. The molecule has 9 heteroatoms. The van der Waals surface area contributed by atoms with Crippen molar-refractivity contribution in [2.24, 2.45) is 0 Å². The summed E-state index contributed by atoms with van der Waals surface area (Å²) in [5, 5.41) is 12.0. The summed E-state index contributed by atoms with van der Waals surface area (Å²) in [6, 6.07) is 10.6. The van der Waals surface area contributed by atoms with Gasteiger partial charge in [0, 0.05) is 6.20 Å². The van der Waals surface area contributed by atoms with Crippen LogP contribution >= 0.6 is 23.2 Å². The first-order valence-corrected chi connectivity index (χ1v) is 9.42. The minimum atomic E-state index is -1.04. The molecule has 30 heavy (non-hydrogen) atoms. The highest BCUT2D eigenvalue weighted by Gasteiger charge is 2.19. The Balaban J connectivity index is 1.82. The van der Waals surface area contributed by atoms with Crippen LogP contribution in [0, 0.1) is 5.82 Å². The van der Waals surface area contributed by atoms with Crippen LogP contribution in [-0.4, -0.2) is 22.0 Å². The van der Waals surface area contributed by atoms with Gasteiger partial charge in [0.25, 0.3) is 5.91 Å². The Kier molecular flexibility index (Phi) is 6.54. The average molecular weight is 449 g/mol. The fourth-order valence-corrected chi connectivity index (χ4v) is 2.97. The molecule has 0 spiro atoms. The van der Waals surface area contributed by atoms with Gasteiger partial charge in [-0.05, 0) is 48.9 Å². The zero-order chi connectivity index (χ0) is 21.8. The van der Waals surface area contributed by atoms with Crippen LogP contribution in [0.3, 0.4) is 0 Å². The second kappa shape index (κ2) is 9.11. The maximum absolute atomic E-state index is 13.3. The van der Waals surface area contributed by atoms with Crippen molar-refractivity contribution in [2.75, 3.05) is 0 Å². The number of rotatable bonds is 6. The molecular formula is C21H15Cl2FN2O4. The van der Waals surface area contributed by atoms with E-state index in [2.05, 4.69) is 10.3 Å². The van der Waals surface area contributed by atoms with E-state index >= 15 is 0 Å². The molecule has 1 atom stereocenters. The molecular weight excluding hydrogens is 434 g/mol. The molecule has 0 saturated carbocycles. The average Bonchev–Trinajstić information content (AvgIpc) is 2.71. The van der Waals surface area contributed by atoms with Crippen LogP contribution in [-0.2, 0) is 0 Å². The number of carbonyl (C=O) groups is 2. The molecule has 1 heterocycles. The number of ether oxygens (including phenoxy) is 1. The van der Waals surface area contributed by atoms with Gasteiger partial charge in [-0.15, -0.1) is 0 Å². The summed E-state index contributed by atoms with van der Waals surface area (Å²) in [7, 11) is 0. The largest absolute Gasteiger partial charge is 0.478 e. The third-order valence-corrected chi connectivity index (χ3v) is 4.67. The van der Waals surface area contributed by atoms with E-state index in [0.29, 0.717) is 5.56 Å². The number of benzene rings is 2. The second-order valence-electron chi connectivity index (χ2n) is 6.31. The van der Waals surface area contributed by atoms with Crippen LogP contribution < -0.4 is 10.1 Å². The van der Waals surface area contributed by atoms with Gasteiger partial charge in [-0.25, -0.2) is 14.2 Å². The topological polar surface area (TPSA) is 88.5 Å². The highest BCUT2D eigenvalue weighted by molar-refractivity contribution is 6.32. The number of halogens is 3. The van der Waals surface area contributed by atoms with Gasteiger partial charge in [0.2, 0.25) is 5.88 Å². The van der Waals surface area contributed by atoms with E-state index in [1.165, 1.54) is 36.5 Å². The van der Waals surface area contributed by atoms with Crippen molar-refractivity contribution < 1.29 is 23.8 Å². The molecule has 1 amide bonds. The van der Waals surface area contributed by atoms with Gasteiger partial charge in [0.1, 0.15) is 17.1 Å². The number of amides is 1. The number of carbonyl (C=O) groups excluding carboxylic acids is 1. The minimum Gasteiger partial charge on any atom is -0.478 e. The first kappa shape index (κ1) is 21.5. The number of nitrogens with one attached hydrogen (secondary N) is 1. The van der Waals surface area contributed by atoms with E-state index < -0.39 is 23.7 Å². The standard InChI is InChI=1S/C21H15Cl2FN2O4/c1-11(12-2-4-13(5-3-12)21(28)29)26-19(27)16-8-14(22)10-25-20(16)30-18-7-6-15(24)9-17(18)23/h2-11H,1H3,(H,26,27)(H,28,29). The SMILES string of the molecule is CC(NC(=O)c1cc(Cl)cnc1Oc1ccc(F)cc1Cl)c1ccc(C(=O)O)cc1. The lowest BCUT2D eigenvalue weighted by molar-refractivity contribution is 0.0696. The van der Waals surface area contributed by atoms with Crippen molar-refractivity contribution in [3.63, 3.8) is 0 Å². The molecule has 0 radical (unpaired) electrons. The van der Waals surface area contributed by atoms with Crippen LogP contribution in [0.1, 0.15) is 39.2 Å². The summed E-state index contributed by atoms with van der Waals surface area (Å²) < 4.78 is 18.9. The number of hydrogen-bond donors (Lipinski definition) is 2. The first-order chi connectivity index (χ1) is 14.2. The van der Waals surface area contributed by atoms with Crippen molar-refractivity contribution in [2.45, 2.75) is 13.0 Å². The predicted molar refractivity (Wildman–Crippen MR) is 110 cm³/mol. The number of aromatic carboxylic acids is 1. The summed E-state index contributed by atoms with van der Waals surface area (Å²) in [6.45, 7) is 1.74. The van der Waals surface area contributed by atoms with Crippen LogP contribution in [0.15, 0.2) is 54.7 Å². The van der Waals surface area contributed by atoms with E-state index in [4.69, 9.17) is 33.0 Å². The highest BCUT2D eigenvalue weighted by Crippen LogP contribution is 2.31. The smallest absolute Gasteiger partial charge is 0.335 e. The van der Waals surface area contributed by atoms with E-state index in [1.54, 1.807) is 19.1 Å². The lowest BCUT2D eigenvalue weighted by Gasteiger charge is -2.16. The Morgan fingerprint density at radius 1 is 1.13 bits per heavy atom. The van der Waals surface area contributed by atoms with Gasteiger partial charge in [0.15, 0.2) is 0 Å². The molecule has 1 aromatic heterocycles. The van der Waals surface area contributed by atoms with Gasteiger partial charge in [-0.2, -0.15) is 0 Å². The molecule has 3 rings (SSSR count). The highest BCUT2D eigenvalue weighted by atomic mass is 35.5. The molecule has 0 aliphatic heterocycles. The molecule has 6 nitrogen and oxygen atoms in total. The molecule has 0 aliphatic rings. The van der Waals surface area contributed by atoms with Gasteiger partial charge >= 0.3 is 5.97 Å². The van der Waals surface area contributed by atoms with Crippen molar-refractivity contribution in [3.8, 4) is 11.6 Å². The summed E-state index contributed by atoms with van der Waals surface area (Å²) in [5.41, 5.74) is 0.896.